The van der Waals surface area contributed by atoms with Gasteiger partial charge in [-0.3, -0.25) is 4.79 Å². The molecule has 1 saturated heterocycles. The van der Waals surface area contributed by atoms with Gasteiger partial charge in [-0.15, -0.1) is 21.5 Å². The Labute approximate surface area is 146 Å². The number of thiophene rings is 1. The van der Waals surface area contributed by atoms with E-state index >= 15 is 0 Å². The summed E-state index contributed by atoms with van der Waals surface area (Å²) in [4.78, 5) is 17.3. The quantitative estimate of drug-likeness (QED) is 0.841. The van der Waals surface area contributed by atoms with Crippen molar-refractivity contribution in [2.45, 2.75) is 44.9 Å². The Hall–Kier alpha value is -1.69. The third-order valence-electron chi connectivity index (χ3n) is 5.43. The number of carbonyl (C=O) groups is 1. The molecule has 3 heterocycles. The zero-order chi connectivity index (χ0) is 16.7. The second kappa shape index (κ2) is 6.31. The standard InChI is InChI=1S/C18H24N4OS/c1-12-3-4-15-14(9-12)10-16(24-15)18(23)22-7-5-13(6-8-22)17-20-19-11-21(17)2/h10-13H,3-9H2,1-2H3/t12-/m0/s1. The Balaban J connectivity index is 1.42. The molecule has 4 rings (SSSR count). The van der Waals surface area contributed by atoms with Crippen molar-refractivity contribution >= 4 is 17.2 Å². The summed E-state index contributed by atoms with van der Waals surface area (Å²) in [6.07, 6.45) is 7.23. The summed E-state index contributed by atoms with van der Waals surface area (Å²) in [6.45, 7) is 3.93. The molecule has 5 nitrogen and oxygen atoms in total. The first kappa shape index (κ1) is 15.8. The van der Waals surface area contributed by atoms with Crippen LogP contribution in [-0.4, -0.2) is 38.7 Å². The van der Waals surface area contributed by atoms with E-state index in [0.29, 0.717) is 5.92 Å². The van der Waals surface area contributed by atoms with Crippen LogP contribution in [0.2, 0.25) is 0 Å². The maximum atomic E-state index is 12.9. The van der Waals surface area contributed by atoms with Crippen LogP contribution in [-0.2, 0) is 19.9 Å². The van der Waals surface area contributed by atoms with Gasteiger partial charge in [-0.25, -0.2) is 0 Å². The summed E-state index contributed by atoms with van der Waals surface area (Å²) >= 11 is 1.72. The largest absolute Gasteiger partial charge is 0.338 e. The van der Waals surface area contributed by atoms with E-state index < -0.39 is 0 Å². The summed E-state index contributed by atoms with van der Waals surface area (Å²) in [5.74, 6) is 2.43. The molecule has 6 heteroatoms. The van der Waals surface area contributed by atoms with Crippen LogP contribution >= 0.6 is 11.3 Å². The molecule has 128 valence electrons. The lowest BCUT2D eigenvalue weighted by molar-refractivity contribution is 0.0715. The first-order valence-electron chi connectivity index (χ1n) is 8.86. The van der Waals surface area contributed by atoms with Gasteiger partial charge in [0, 0.05) is 30.9 Å². The summed E-state index contributed by atoms with van der Waals surface area (Å²) in [5, 5.41) is 8.21. The molecule has 0 spiro atoms. The van der Waals surface area contributed by atoms with Gasteiger partial charge in [-0.1, -0.05) is 6.92 Å². The fourth-order valence-electron chi connectivity index (χ4n) is 3.97. The molecule has 2 aromatic rings. The lowest BCUT2D eigenvalue weighted by atomic mass is 9.90. The van der Waals surface area contributed by atoms with Crippen LogP contribution < -0.4 is 0 Å². The lowest BCUT2D eigenvalue weighted by Gasteiger charge is -2.31. The predicted molar refractivity (Wildman–Crippen MR) is 94.4 cm³/mol. The normalized spacial score (nSPS) is 21.8. The molecule has 0 N–H and O–H groups in total. The molecule has 1 fully saturated rings. The minimum absolute atomic E-state index is 0.221. The van der Waals surface area contributed by atoms with Crippen LogP contribution in [0.15, 0.2) is 12.4 Å². The molecule has 0 radical (unpaired) electrons. The molecule has 2 aromatic heterocycles. The molecule has 24 heavy (non-hydrogen) atoms. The molecule has 0 aromatic carbocycles. The minimum Gasteiger partial charge on any atom is -0.338 e. The van der Waals surface area contributed by atoms with Gasteiger partial charge < -0.3 is 9.47 Å². The monoisotopic (exact) mass is 344 g/mol. The molecule has 2 aliphatic rings. The number of likely N-dealkylation sites (tertiary alicyclic amines) is 1. The Kier molecular flexibility index (Phi) is 4.16. The highest BCUT2D eigenvalue weighted by Gasteiger charge is 2.29. The minimum atomic E-state index is 0.221. The van der Waals surface area contributed by atoms with E-state index in [4.69, 9.17) is 0 Å². The van der Waals surface area contributed by atoms with Crippen molar-refractivity contribution in [1.29, 1.82) is 0 Å². The fourth-order valence-corrected chi connectivity index (χ4v) is 5.15. The Morgan fingerprint density at radius 3 is 2.79 bits per heavy atom. The molecule has 0 saturated carbocycles. The molecular formula is C18H24N4OS. The van der Waals surface area contributed by atoms with Crippen LogP contribution in [0.1, 0.15) is 58.0 Å². The van der Waals surface area contributed by atoms with Gasteiger partial charge in [0.1, 0.15) is 12.2 Å². The van der Waals surface area contributed by atoms with E-state index in [0.717, 1.165) is 55.4 Å². The number of carbonyl (C=O) groups excluding carboxylic acids is 1. The number of hydrogen-bond donors (Lipinski definition) is 0. The average Bonchev–Trinajstić information content (AvgIpc) is 3.20. The Bertz CT molecular complexity index is 742. The Morgan fingerprint density at radius 1 is 1.29 bits per heavy atom. The number of fused-ring (bicyclic) bond motifs is 1. The maximum Gasteiger partial charge on any atom is 0.263 e. The smallest absolute Gasteiger partial charge is 0.263 e. The van der Waals surface area contributed by atoms with Crippen molar-refractivity contribution < 1.29 is 4.79 Å². The highest BCUT2D eigenvalue weighted by atomic mass is 32.1. The number of rotatable bonds is 2. The SMILES string of the molecule is C[C@H]1CCc2sc(C(=O)N3CCC(c4nncn4C)CC3)cc2C1. The number of aryl methyl sites for hydroxylation is 2. The number of piperidine rings is 1. The van der Waals surface area contributed by atoms with Gasteiger partial charge in [0.25, 0.3) is 5.91 Å². The van der Waals surface area contributed by atoms with Crippen LogP contribution in [0.5, 0.6) is 0 Å². The number of nitrogens with zero attached hydrogens (tertiary/aromatic N) is 4. The second-order valence-corrected chi connectivity index (χ2v) is 8.41. The highest BCUT2D eigenvalue weighted by molar-refractivity contribution is 7.14. The van der Waals surface area contributed by atoms with Gasteiger partial charge in [0.2, 0.25) is 0 Å². The van der Waals surface area contributed by atoms with E-state index in [-0.39, 0.29) is 5.91 Å². The van der Waals surface area contributed by atoms with Gasteiger partial charge in [-0.2, -0.15) is 0 Å². The van der Waals surface area contributed by atoms with Crippen molar-refractivity contribution in [1.82, 2.24) is 19.7 Å². The van der Waals surface area contributed by atoms with Crippen LogP contribution in [0.4, 0.5) is 0 Å². The van der Waals surface area contributed by atoms with E-state index in [1.54, 1.807) is 17.7 Å². The van der Waals surface area contributed by atoms with Crippen molar-refractivity contribution in [2.24, 2.45) is 13.0 Å². The van der Waals surface area contributed by atoms with E-state index in [1.807, 2.05) is 16.5 Å². The van der Waals surface area contributed by atoms with Gasteiger partial charge in [0.05, 0.1) is 4.88 Å². The molecule has 1 aliphatic heterocycles. The third-order valence-corrected chi connectivity index (χ3v) is 6.66. The predicted octanol–water partition coefficient (Wildman–Crippen LogP) is 3.02. The van der Waals surface area contributed by atoms with Gasteiger partial charge in [-0.05, 0) is 49.7 Å². The summed E-state index contributed by atoms with van der Waals surface area (Å²) < 4.78 is 2.00. The van der Waals surface area contributed by atoms with Gasteiger partial charge >= 0.3 is 0 Å². The summed E-state index contributed by atoms with van der Waals surface area (Å²) in [6, 6.07) is 2.16. The van der Waals surface area contributed by atoms with Crippen LogP contribution in [0.3, 0.4) is 0 Å². The fraction of sp³-hybridized carbons (Fsp3) is 0.611. The third kappa shape index (κ3) is 2.88. The zero-order valence-corrected chi connectivity index (χ0v) is 15.2. The summed E-state index contributed by atoms with van der Waals surface area (Å²) in [5.41, 5.74) is 1.41. The second-order valence-electron chi connectivity index (χ2n) is 7.27. The number of aromatic nitrogens is 3. The van der Waals surface area contributed by atoms with E-state index in [2.05, 4.69) is 23.2 Å². The van der Waals surface area contributed by atoms with Gasteiger partial charge in [0.15, 0.2) is 0 Å². The van der Waals surface area contributed by atoms with Crippen molar-refractivity contribution in [3.05, 3.63) is 33.5 Å². The van der Waals surface area contributed by atoms with E-state index in [1.165, 1.54) is 16.9 Å². The lowest BCUT2D eigenvalue weighted by Crippen LogP contribution is -2.38. The van der Waals surface area contributed by atoms with Crippen LogP contribution in [0.25, 0.3) is 0 Å². The van der Waals surface area contributed by atoms with Crippen LogP contribution in [0, 0.1) is 5.92 Å². The topological polar surface area (TPSA) is 51.0 Å². The van der Waals surface area contributed by atoms with Crippen molar-refractivity contribution in [2.75, 3.05) is 13.1 Å². The summed E-state index contributed by atoms with van der Waals surface area (Å²) in [7, 11) is 1.99. The average molecular weight is 344 g/mol. The first-order valence-corrected chi connectivity index (χ1v) is 9.68. The molecule has 0 bridgehead atoms. The molecule has 1 amide bonds. The first-order chi connectivity index (χ1) is 11.6. The molecule has 1 atom stereocenters. The maximum absolute atomic E-state index is 12.9. The highest BCUT2D eigenvalue weighted by Crippen LogP contribution is 2.34. The Morgan fingerprint density at radius 2 is 2.08 bits per heavy atom. The molecule has 1 aliphatic carbocycles. The number of hydrogen-bond acceptors (Lipinski definition) is 4. The zero-order valence-electron chi connectivity index (χ0n) is 14.4. The van der Waals surface area contributed by atoms with Crippen molar-refractivity contribution in [3.8, 4) is 0 Å². The number of amides is 1. The van der Waals surface area contributed by atoms with Crippen molar-refractivity contribution in [3.63, 3.8) is 0 Å². The van der Waals surface area contributed by atoms with E-state index in [9.17, 15) is 4.79 Å². The molecular weight excluding hydrogens is 320 g/mol. The molecule has 0 unspecified atom stereocenters.